The molecule has 5 heteroatoms. The molecule has 2 aliphatic heterocycles. The maximum atomic E-state index is 13.0. The van der Waals surface area contributed by atoms with Crippen LogP contribution in [0.15, 0.2) is 53.0 Å². The van der Waals surface area contributed by atoms with E-state index in [1.165, 1.54) is 0 Å². The molecule has 2 atom stereocenters. The largest absolute Gasteiger partial charge is 0.497 e. The normalized spacial score (nSPS) is 23.6. The van der Waals surface area contributed by atoms with Crippen LogP contribution in [0.1, 0.15) is 24.6 Å². The molecular weight excluding hydrogens is 368 g/mol. The average Bonchev–Trinajstić information content (AvgIpc) is 3.18. The predicted octanol–water partition coefficient (Wildman–Crippen LogP) is 3.97. The minimum atomic E-state index is -0.0357. The van der Waals surface area contributed by atoms with Gasteiger partial charge in [-0.15, -0.1) is 0 Å². The third kappa shape index (κ3) is 2.52. The molecule has 4 nitrogen and oxygen atoms in total. The van der Waals surface area contributed by atoms with E-state index >= 15 is 0 Å². The number of amides is 1. The third-order valence-corrected chi connectivity index (χ3v) is 5.42. The molecule has 124 valence electrons. The Morgan fingerprint density at radius 3 is 2.46 bits per heavy atom. The van der Waals surface area contributed by atoms with Crippen LogP contribution in [0.2, 0.25) is 0 Å². The summed E-state index contributed by atoms with van der Waals surface area (Å²) in [6.45, 7) is 0.962. The molecule has 2 fully saturated rings. The maximum Gasteiger partial charge on any atom is 0.246 e. The Labute approximate surface area is 150 Å². The topological polar surface area (TPSA) is 32.8 Å². The molecule has 0 radical (unpaired) electrons. The first kappa shape index (κ1) is 15.7. The van der Waals surface area contributed by atoms with Crippen molar-refractivity contribution >= 4 is 27.5 Å². The molecule has 2 aromatic rings. The highest BCUT2D eigenvalue weighted by molar-refractivity contribution is 9.10. The van der Waals surface area contributed by atoms with Gasteiger partial charge in [-0.1, -0.05) is 28.1 Å². The maximum absolute atomic E-state index is 13.0. The van der Waals surface area contributed by atoms with Crippen molar-refractivity contribution in [2.24, 2.45) is 0 Å². The van der Waals surface area contributed by atoms with Gasteiger partial charge in [0.25, 0.3) is 0 Å². The number of ether oxygens (including phenoxy) is 1. The first-order valence-corrected chi connectivity index (χ1v) is 8.96. The second-order valence-electron chi connectivity index (χ2n) is 6.23. The Bertz CT molecular complexity index is 745. The minimum Gasteiger partial charge on any atom is -0.497 e. The molecule has 0 bridgehead atoms. The lowest BCUT2D eigenvalue weighted by molar-refractivity contribution is -0.119. The zero-order valence-electron chi connectivity index (χ0n) is 13.5. The van der Waals surface area contributed by atoms with Crippen molar-refractivity contribution in [3.8, 4) is 5.75 Å². The number of carbonyl (C=O) groups excluding carboxylic acids is 1. The smallest absolute Gasteiger partial charge is 0.246 e. The summed E-state index contributed by atoms with van der Waals surface area (Å²) < 4.78 is 6.28. The van der Waals surface area contributed by atoms with Gasteiger partial charge in [-0.2, -0.15) is 0 Å². The zero-order valence-corrected chi connectivity index (χ0v) is 15.1. The van der Waals surface area contributed by atoms with Crippen molar-refractivity contribution in [1.82, 2.24) is 4.90 Å². The molecule has 2 heterocycles. The summed E-state index contributed by atoms with van der Waals surface area (Å²) in [6, 6.07) is 16.0. The lowest BCUT2D eigenvalue weighted by atomic mass is 10.1. The number of rotatable bonds is 3. The van der Waals surface area contributed by atoms with E-state index in [1.807, 2.05) is 41.3 Å². The average molecular weight is 387 g/mol. The number of halogens is 1. The number of methoxy groups -OCH3 is 1. The van der Waals surface area contributed by atoms with E-state index in [0.29, 0.717) is 0 Å². The first-order valence-electron chi connectivity index (χ1n) is 8.17. The quantitative estimate of drug-likeness (QED) is 0.799. The number of carbonyl (C=O) groups is 1. The number of nitrogens with zero attached hydrogens (tertiary/aromatic N) is 2. The fourth-order valence-corrected chi connectivity index (χ4v) is 4.03. The molecule has 4 rings (SSSR count). The molecule has 2 aliphatic rings. The van der Waals surface area contributed by atoms with Gasteiger partial charge in [-0.05, 0) is 54.8 Å². The summed E-state index contributed by atoms with van der Waals surface area (Å²) in [5.41, 5.74) is 2.06. The number of hydrogen-bond acceptors (Lipinski definition) is 3. The van der Waals surface area contributed by atoms with Crippen LogP contribution in [0, 0.1) is 0 Å². The summed E-state index contributed by atoms with van der Waals surface area (Å²) in [5.74, 6) is 0.997. The van der Waals surface area contributed by atoms with Gasteiger partial charge in [0.05, 0.1) is 13.2 Å². The van der Waals surface area contributed by atoms with Crippen molar-refractivity contribution in [2.75, 3.05) is 18.6 Å². The summed E-state index contributed by atoms with van der Waals surface area (Å²) in [5, 5.41) is 0. The lowest BCUT2D eigenvalue weighted by Crippen LogP contribution is -2.32. The molecule has 0 unspecified atom stereocenters. The van der Waals surface area contributed by atoms with E-state index in [9.17, 15) is 4.79 Å². The van der Waals surface area contributed by atoms with Gasteiger partial charge in [0.2, 0.25) is 5.91 Å². The number of anilines is 1. The second kappa shape index (κ2) is 6.22. The number of hydrogen-bond donors (Lipinski definition) is 0. The molecule has 0 N–H and O–H groups in total. The van der Waals surface area contributed by atoms with Crippen LogP contribution >= 0.6 is 15.9 Å². The molecule has 0 spiro atoms. The van der Waals surface area contributed by atoms with E-state index in [-0.39, 0.29) is 18.1 Å². The highest BCUT2D eigenvalue weighted by Gasteiger charge is 2.49. The summed E-state index contributed by atoms with van der Waals surface area (Å²) >= 11 is 3.49. The minimum absolute atomic E-state index is 0.000693. The van der Waals surface area contributed by atoms with Gasteiger partial charge in [-0.25, -0.2) is 0 Å². The van der Waals surface area contributed by atoms with Gasteiger partial charge in [0.1, 0.15) is 11.9 Å². The Kier molecular flexibility index (Phi) is 4.06. The number of fused-ring (bicyclic) bond motifs is 1. The summed E-state index contributed by atoms with van der Waals surface area (Å²) in [6.07, 6.45) is 1.99. The van der Waals surface area contributed by atoms with Crippen molar-refractivity contribution < 1.29 is 9.53 Å². The van der Waals surface area contributed by atoms with Crippen LogP contribution in [-0.4, -0.2) is 30.5 Å². The van der Waals surface area contributed by atoms with Crippen LogP contribution in [0.25, 0.3) is 0 Å². The number of benzene rings is 2. The molecule has 1 amide bonds. The molecule has 0 aromatic heterocycles. The van der Waals surface area contributed by atoms with Crippen molar-refractivity contribution in [2.45, 2.75) is 25.0 Å². The van der Waals surface area contributed by atoms with Gasteiger partial charge < -0.3 is 4.74 Å². The highest BCUT2D eigenvalue weighted by atomic mass is 79.9. The Hall–Kier alpha value is -1.85. The van der Waals surface area contributed by atoms with Crippen LogP contribution < -0.4 is 9.64 Å². The SMILES string of the molecule is COc1ccc(N2C(=O)[C@@H]3CCCN3[C@H]2c2ccc(Br)cc2)cc1. The lowest BCUT2D eigenvalue weighted by Gasteiger charge is -2.30. The standard InChI is InChI=1S/C19H19BrN2O2/c1-24-16-10-8-15(9-11-16)22-18(13-4-6-14(20)7-5-13)21-12-2-3-17(21)19(22)23/h4-11,17-18H,2-3,12H2,1H3/t17-,18+/m0/s1. The Morgan fingerprint density at radius 1 is 1.08 bits per heavy atom. The first-order chi connectivity index (χ1) is 11.7. The molecule has 0 aliphatic carbocycles. The van der Waals surface area contributed by atoms with E-state index in [4.69, 9.17) is 4.74 Å². The van der Waals surface area contributed by atoms with Gasteiger partial charge in [0.15, 0.2) is 0 Å². The van der Waals surface area contributed by atoms with E-state index in [1.54, 1.807) is 7.11 Å². The van der Waals surface area contributed by atoms with Crippen LogP contribution in [0.3, 0.4) is 0 Å². The fourth-order valence-electron chi connectivity index (χ4n) is 3.76. The molecular formula is C19H19BrN2O2. The summed E-state index contributed by atoms with van der Waals surface area (Å²) in [7, 11) is 1.65. The van der Waals surface area contributed by atoms with Gasteiger partial charge >= 0.3 is 0 Å². The van der Waals surface area contributed by atoms with Crippen LogP contribution in [0.5, 0.6) is 5.75 Å². The van der Waals surface area contributed by atoms with Gasteiger partial charge in [-0.3, -0.25) is 14.6 Å². The zero-order chi connectivity index (χ0) is 16.7. The van der Waals surface area contributed by atoms with Crippen molar-refractivity contribution in [3.63, 3.8) is 0 Å². The monoisotopic (exact) mass is 386 g/mol. The van der Waals surface area contributed by atoms with E-state index < -0.39 is 0 Å². The van der Waals surface area contributed by atoms with Crippen molar-refractivity contribution in [3.05, 3.63) is 58.6 Å². The predicted molar refractivity (Wildman–Crippen MR) is 97.1 cm³/mol. The fraction of sp³-hybridized carbons (Fsp3) is 0.316. The molecule has 24 heavy (non-hydrogen) atoms. The van der Waals surface area contributed by atoms with Gasteiger partial charge in [0, 0.05) is 16.7 Å². The van der Waals surface area contributed by atoms with E-state index in [0.717, 1.165) is 40.9 Å². The van der Waals surface area contributed by atoms with Crippen LogP contribution in [0.4, 0.5) is 5.69 Å². The molecule has 2 saturated heterocycles. The second-order valence-corrected chi connectivity index (χ2v) is 7.14. The Morgan fingerprint density at radius 2 is 1.79 bits per heavy atom. The van der Waals surface area contributed by atoms with Crippen molar-refractivity contribution in [1.29, 1.82) is 0 Å². The van der Waals surface area contributed by atoms with Crippen LogP contribution in [-0.2, 0) is 4.79 Å². The Balaban J connectivity index is 1.76. The third-order valence-electron chi connectivity index (χ3n) is 4.89. The highest BCUT2D eigenvalue weighted by Crippen LogP contribution is 2.42. The molecule has 0 saturated carbocycles. The summed E-state index contributed by atoms with van der Waals surface area (Å²) in [4.78, 5) is 17.3. The molecule has 2 aromatic carbocycles. The van der Waals surface area contributed by atoms with E-state index in [2.05, 4.69) is 33.0 Å².